The highest BCUT2D eigenvalue weighted by molar-refractivity contribution is 6.20. The van der Waals surface area contributed by atoms with Crippen molar-refractivity contribution >= 4 is 16.8 Å². The Kier molecular flexibility index (Phi) is 4.11. The first kappa shape index (κ1) is 17.7. The van der Waals surface area contributed by atoms with Crippen molar-refractivity contribution in [2.45, 2.75) is 20.8 Å². The Morgan fingerprint density at radius 3 is 2.64 bits per heavy atom. The van der Waals surface area contributed by atoms with Gasteiger partial charge in [-0.2, -0.15) is 5.21 Å². The lowest BCUT2D eigenvalue weighted by Crippen LogP contribution is -2.05. The Morgan fingerprint density at radius 2 is 1.96 bits per heavy atom. The predicted octanol–water partition coefficient (Wildman–Crippen LogP) is 3.48. The SMILES string of the molecule is COc1cc(C(=O)c2c(-c3nn[nH]n3)oc3c(O)c(C)ccc23)cc(C)c1C. The van der Waals surface area contributed by atoms with Crippen LogP contribution in [0.3, 0.4) is 0 Å². The monoisotopic (exact) mass is 378 g/mol. The van der Waals surface area contributed by atoms with E-state index in [1.807, 2.05) is 13.8 Å². The zero-order valence-corrected chi connectivity index (χ0v) is 15.8. The standard InChI is InChI=1S/C20H18N4O4/c1-9-5-6-13-15(17(26)12-7-10(2)11(3)14(8-12)27-4)19(20-21-23-24-22-20)28-18(13)16(9)25/h5-8,25H,1-4H3,(H,21,22,23,24). The second-order valence-corrected chi connectivity index (χ2v) is 6.60. The number of furan rings is 1. The van der Waals surface area contributed by atoms with Crippen LogP contribution in [0.1, 0.15) is 32.6 Å². The summed E-state index contributed by atoms with van der Waals surface area (Å²) in [5, 5.41) is 24.7. The van der Waals surface area contributed by atoms with Crippen LogP contribution < -0.4 is 4.74 Å². The Balaban J connectivity index is 2.00. The predicted molar refractivity (Wildman–Crippen MR) is 102 cm³/mol. The van der Waals surface area contributed by atoms with Gasteiger partial charge >= 0.3 is 0 Å². The number of nitrogens with zero attached hydrogens (tertiary/aromatic N) is 3. The molecule has 28 heavy (non-hydrogen) atoms. The number of aryl methyl sites for hydroxylation is 2. The lowest BCUT2D eigenvalue weighted by Gasteiger charge is -2.10. The maximum atomic E-state index is 13.5. The highest BCUT2D eigenvalue weighted by atomic mass is 16.5. The van der Waals surface area contributed by atoms with Crippen molar-refractivity contribution in [3.8, 4) is 23.1 Å². The number of benzene rings is 2. The second-order valence-electron chi connectivity index (χ2n) is 6.60. The van der Waals surface area contributed by atoms with Gasteiger partial charge in [-0.3, -0.25) is 4.79 Å². The Bertz CT molecular complexity index is 1210. The minimum absolute atomic E-state index is 0.0287. The van der Waals surface area contributed by atoms with E-state index in [0.29, 0.717) is 22.3 Å². The largest absolute Gasteiger partial charge is 0.504 e. The van der Waals surface area contributed by atoms with Gasteiger partial charge in [0.05, 0.1) is 12.7 Å². The Morgan fingerprint density at radius 1 is 1.18 bits per heavy atom. The van der Waals surface area contributed by atoms with E-state index >= 15 is 0 Å². The smallest absolute Gasteiger partial charge is 0.240 e. The summed E-state index contributed by atoms with van der Waals surface area (Å²) >= 11 is 0. The van der Waals surface area contributed by atoms with Gasteiger partial charge in [-0.05, 0) is 60.9 Å². The summed E-state index contributed by atoms with van der Waals surface area (Å²) in [6, 6.07) is 6.96. The molecule has 0 unspecified atom stereocenters. The van der Waals surface area contributed by atoms with E-state index in [2.05, 4.69) is 20.6 Å². The quantitative estimate of drug-likeness (QED) is 0.523. The average molecular weight is 378 g/mol. The molecule has 0 saturated heterocycles. The van der Waals surface area contributed by atoms with Crippen LogP contribution in [0.15, 0.2) is 28.7 Å². The van der Waals surface area contributed by atoms with Crippen molar-refractivity contribution < 1.29 is 19.1 Å². The maximum absolute atomic E-state index is 13.5. The molecule has 8 nitrogen and oxygen atoms in total. The molecule has 8 heteroatoms. The van der Waals surface area contributed by atoms with Crippen molar-refractivity contribution in [1.82, 2.24) is 20.6 Å². The van der Waals surface area contributed by atoms with Gasteiger partial charge in [0, 0.05) is 10.9 Å². The molecule has 4 rings (SSSR count). The molecule has 0 saturated carbocycles. The molecule has 2 aromatic heterocycles. The first-order valence-electron chi connectivity index (χ1n) is 8.61. The average Bonchev–Trinajstić information content (AvgIpc) is 3.34. The van der Waals surface area contributed by atoms with E-state index in [-0.39, 0.29) is 34.3 Å². The van der Waals surface area contributed by atoms with Gasteiger partial charge in [0.1, 0.15) is 5.75 Å². The van der Waals surface area contributed by atoms with Crippen LogP contribution in [0.2, 0.25) is 0 Å². The number of rotatable bonds is 4. The number of ether oxygens (including phenoxy) is 1. The number of fused-ring (bicyclic) bond motifs is 1. The summed E-state index contributed by atoms with van der Waals surface area (Å²) < 4.78 is 11.2. The molecular weight excluding hydrogens is 360 g/mol. The minimum Gasteiger partial charge on any atom is -0.504 e. The summed E-state index contributed by atoms with van der Waals surface area (Å²) in [6.07, 6.45) is 0. The van der Waals surface area contributed by atoms with E-state index in [1.54, 1.807) is 38.3 Å². The van der Waals surface area contributed by atoms with Crippen LogP contribution in [0, 0.1) is 20.8 Å². The van der Waals surface area contributed by atoms with Gasteiger partial charge in [-0.1, -0.05) is 6.07 Å². The molecule has 2 N–H and O–H groups in total. The number of nitrogens with one attached hydrogen (secondary N) is 1. The normalized spacial score (nSPS) is 11.1. The molecule has 0 atom stereocenters. The van der Waals surface area contributed by atoms with Gasteiger partial charge in [0.15, 0.2) is 22.9 Å². The number of carbonyl (C=O) groups excluding carboxylic acids is 1. The van der Waals surface area contributed by atoms with Crippen LogP contribution in [0.25, 0.3) is 22.6 Å². The number of carbonyl (C=O) groups is 1. The summed E-state index contributed by atoms with van der Waals surface area (Å²) in [5.41, 5.74) is 3.43. The molecule has 2 heterocycles. The first-order valence-corrected chi connectivity index (χ1v) is 8.61. The molecule has 4 aromatic rings. The lowest BCUT2D eigenvalue weighted by atomic mass is 9.96. The first-order chi connectivity index (χ1) is 13.4. The summed E-state index contributed by atoms with van der Waals surface area (Å²) in [6.45, 7) is 5.60. The fourth-order valence-corrected chi connectivity index (χ4v) is 3.20. The molecule has 0 spiro atoms. The highest BCUT2D eigenvalue weighted by Gasteiger charge is 2.28. The summed E-state index contributed by atoms with van der Waals surface area (Å²) in [4.78, 5) is 13.5. The molecule has 0 aliphatic carbocycles. The zero-order valence-electron chi connectivity index (χ0n) is 15.8. The molecular formula is C20H18N4O4. The number of tetrazole rings is 1. The number of aromatic amines is 1. The Labute approximate surface area is 160 Å². The lowest BCUT2D eigenvalue weighted by molar-refractivity contribution is 0.103. The molecule has 0 bridgehead atoms. The third kappa shape index (κ3) is 2.61. The zero-order chi connectivity index (χ0) is 20.0. The van der Waals surface area contributed by atoms with Crippen molar-refractivity contribution in [2.24, 2.45) is 0 Å². The molecule has 2 aromatic carbocycles. The number of aromatic hydroxyl groups is 1. The van der Waals surface area contributed by atoms with Crippen LogP contribution in [0.4, 0.5) is 0 Å². The molecule has 142 valence electrons. The van der Waals surface area contributed by atoms with Gasteiger partial charge in [-0.15, -0.1) is 10.2 Å². The summed E-state index contributed by atoms with van der Waals surface area (Å²) in [5.74, 6) is 0.581. The number of phenolic OH excluding ortho intramolecular Hbond substituents is 1. The molecule has 0 aliphatic rings. The third-order valence-electron chi connectivity index (χ3n) is 4.91. The molecule has 0 amide bonds. The van der Waals surface area contributed by atoms with E-state index in [9.17, 15) is 9.90 Å². The van der Waals surface area contributed by atoms with E-state index < -0.39 is 0 Å². The minimum atomic E-state index is -0.289. The number of hydrogen-bond donors (Lipinski definition) is 2. The number of ketones is 1. The van der Waals surface area contributed by atoms with Crippen LogP contribution in [-0.2, 0) is 0 Å². The topological polar surface area (TPSA) is 114 Å². The number of phenols is 1. The highest BCUT2D eigenvalue weighted by Crippen LogP contribution is 2.39. The van der Waals surface area contributed by atoms with Gasteiger partial charge < -0.3 is 14.3 Å². The maximum Gasteiger partial charge on any atom is 0.240 e. The number of H-pyrrole nitrogens is 1. The van der Waals surface area contributed by atoms with Crippen LogP contribution >= 0.6 is 0 Å². The number of methoxy groups -OCH3 is 1. The molecule has 0 aliphatic heterocycles. The number of aromatic nitrogens is 4. The van der Waals surface area contributed by atoms with Crippen LogP contribution in [-0.4, -0.2) is 38.6 Å². The van der Waals surface area contributed by atoms with Gasteiger partial charge in [-0.25, -0.2) is 0 Å². The fourth-order valence-electron chi connectivity index (χ4n) is 3.20. The third-order valence-corrected chi connectivity index (χ3v) is 4.91. The van der Waals surface area contributed by atoms with E-state index in [0.717, 1.165) is 11.1 Å². The molecule has 0 radical (unpaired) electrons. The van der Waals surface area contributed by atoms with E-state index in [4.69, 9.17) is 9.15 Å². The fraction of sp³-hybridized carbons (Fsp3) is 0.200. The second kappa shape index (κ2) is 6.49. The van der Waals surface area contributed by atoms with Crippen molar-refractivity contribution in [1.29, 1.82) is 0 Å². The van der Waals surface area contributed by atoms with Gasteiger partial charge in [0.25, 0.3) is 0 Å². The van der Waals surface area contributed by atoms with E-state index in [1.165, 1.54) is 0 Å². The van der Waals surface area contributed by atoms with Crippen molar-refractivity contribution in [3.63, 3.8) is 0 Å². The van der Waals surface area contributed by atoms with Crippen molar-refractivity contribution in [3.05, 3.63) is 52.1 Å². The Hall–Kier alpha value is -3.68. The molecule has 0 fully saturated rings. The van der Waals surface area contributed by atoms with Crippen molar-refractivity contribution in [2.75, 3.05) is 7.11 Å². The number of hydrogen-bond acceptors (Lipinski definition) is 7. The summed E-state index contributed by atoms with van der Waals surface area (Å²) in [7, 11) is 1.56. The van der Waals surface area contributed by atoms with Gasteiger partial charge in [0.2, 0.25) is 5.82 Å². The van der Waals surface area contributed by atoms with Crippen LogP contribution in [0.5, 0.6) is 11.5 Å².